The van der Waals surface area contributed by atoms with Gasteiger partial charge >= 0.3 is 0 Å². The maximum atomic E-state index is 12.4. The van der Waals surface area contributed by atoms with Gasteiger partial charge in [-0.05, 0) is 37.7 Å². The summed E-state index contributed by atoms with van der Waals surface area (Å²) in [4.78, 5) is 26.1. The molecule has 0 aromatic heterocycles. The summed E-state index contributed by atoms with van der Waals surface area (Å²) in [5.74, 6) is 0.570. The molecule has 0 bridgehead atoms. The van der Waals surface area contributed by atoms with Crippen LogP contribution in [0.15, 0.2) is 30.3 Å². The third kappa shape index (κ3) is 4.71. The number of amides is 1. The summed E-state index contributed by atoms with van der Waals surface area (Å²) in [7, 11) is 1.81. The molecule has 8 heteroatoms. The average molecular weight is 409 g/mol. The molecule has 3 rings (SSSR count). The molecule has 2 aromatic rings. The first kappa shape index (κ1) is 19.5. The Bertz CT molecular complexity index is 902. The monoisotopic (exact) mass is 408 g/mol. The van der Waals surface area contributed by atoms with Crippen LogP contribution >= 0.6 is 23.2 Å². The second-order valence-electron chi connectivity index (χ2n) is 6.28. The molecule has 1 N–H and O–H groups in total. The van der Waals surface area contributed by atoms with Gasteiger partial charge < -0.3 is 14.8 Å². The Labute approximate surface area is 167 Å². The summed E-state index contributed by atoms with van der Waals surface area (Å²) in [5.41, 5.74) is 1.71. The highest BCUT2D eigenvalue weighted by molar-refractivity contribution is 6.42. The number of ketones is 1. The van der Waals surface area contributed by atoms with Crippen LogP contribution in [0.4, 0.5) is 5.69 Å². The van der Waals surface area contributed by atoms with Crippen molar-refractivity contribution in [2.24, 2.45) is 0 Å². The fourth-order valence-electron chi connectivity index (χ4n) is 2.78. The second-order valence-corrected chi connectivity index (χ2v) is 7.09. The Morgan fingerprint density at radius 3 is 2.48 bits per heavy atom. The Morgan fingerprint density at radius 2 is 1.81 bits per heavy atom. The fourth-order valence-corrected chi connectivity index (χ4v) is 3.10. The highest BCUT2D eigenvalue weighted by Gasteiger charge is 2.20. The van der Waals surface area contributed by atoms with Crippen LogP contribution in [0.3, 0.4) is 0 Å². The number of rotatable bonds is 6. The topological polar surface area (TPSA) is 67.9 Å². The van der Waals surface area contributed by atoms with Crippen LogP contribution in [0.5, 0.6) is 11.5 Å². The van der Waals surface area contributed by atoms with E-state index < -0.39 is 0 Å². The van der Waals surface area contributed by atoms with Crippen molar-refractivity contribution in [3.8, 4) is 11.5 Å². The predicted octanol–water partition coefficient (Wildman–Crippen LogP) is 4.00. The molecule has 1 aliphatic heterocycles. The van der Waals surface area contributed by atoms with Gasteiger partial charge in [-0.1, -0.05) is 29.3 Å². The van der Waals surface area contributed by atoms with Gasteiger partial charge in [-0.25, -0.2) is 0 Å². The van der Waals surface area contributed by atoms with Crippen molar-refractivity contribution in [2.45, 2.75) is 13.5 Å². The quantitative estimate of drug-likeness (QED) is 0.731. The smallest absolute Gasteiger partial charge is 0.238 e. The number of hydrogen-bond acceptors (Lipinski definition) is 5. The van der Waals surface area contributed by atoms with Gasteiger partial charge in [0.2, 0.25) is 12.7 Å². The lowest BCUT2D eigenvalue weighted by Crippen LogP contribution is -2.30. The third-order valence-corrected chi connectivity index (χ3v) is 4.76. The van der Waals surface area contributed by atoms with E-state index in [0.29, 0.717) is 39.3 Å². The lowest BCUT2D eigenvalue weighted by atomic mass is 10.1. The zero-order valence-electron chi connectivity index (χ0n) is 14.8. The fraction of sp³-hybridized carbons (Fsp3) is 0.263. The summed E-state index contributed by atoms with van der Waals surface area (Å²) < 4.78 is 10.6. The van der Waals surface area contributed by atoms with E-state index in [9.17, 15) is 9.59 Å². The zero-order chi connectivity index (χ0) is 19.6. The molecular weight excluding hydrogens is 391 g/mol. The van der Waals surface area contributed by atoms with Gasteiger partial charge in [0.15, 0.2) is 17.3 Å². The predicted molar refractivity (Wildman–Crippen MR) is 104 cm³/mol. The Hall–Kier alpha value is -2.28. The highest BCUT2D eigenvalue weighted by atomic mass is 35.5. The largest absolute Gasteiger partial charge is 0.454 e. The normalized spacial score (nSPS) is 12.3. The van der Waals surface area contributed by atoms with Crippen molar-refractivity contribution in [3.05, 3.63) is 51.5 Å². The van der Waals surface area contributed by atoms with Gasteiger partial charge in [0, 0.05) is 18.2 Å². The number of carbonyl (C=O) groups excluding carboxylic acids is 2. The minimum atomic E-state index is -0.251. The van der Waals surface area contributed by atoms with Crippen LogP contribution in [0, 0.1) is 0 Å². The molecule has 1 heterocycles. The van der Waals surface area contributed by atoms with Gasteiger partial charge in [-0.15, -0.1) is 0 Å². The van der Waals surface area contributed by atoms with E-state index in [0.717, 1.165) is 5.56 Å². The molecular formula is C19H18Cl2N2O4. The van der Waals surface area contributed by atoms with E-state index >= 15 is 0 Å². The number of nitrogens with one attached hydrogen (secondary N) is 1. The molecule has 1 aliphatic rings. The second kappa shape index (κ2) is 8.17. The van der Waals surface area contributed by atoms with Gasteiger partial charge in [0.25, 0.3) is 0 Å². The first-order valence-corrected chi connectivity index (χ1v) is 8.96. The molecule has 0 saturated heterocycles. The summed E-state index contributed by atoms with van der Waals surface area (Å²) in [6.07, 6.45) is 0. The summed E-state index contributed by atoms with van der Waals surface area (Å²) in [6.45, 7) is 2.18. The molecule has 142 valence electrons. The van der Waals surface area contributed by atoms with E-state index in [1.807, 2.05) is 18.0 Å². The number of ether oxygens (including phenoxy) is 2. The first-order chi connectivity index (χ1) is 12.8. The Balaban J connectivity index is 1.66. The average Bonchev–Trinajstić information content (AvgIpc) is 3.04. The number of halogens is 2. The molecule has 0 unspecified atom stereocenters. The van der Waals surface area contributed by atoms with E-state index in [1.165, 1.54) is 6.92 Å². The molecule has 2 aromatic carbocycles. The van der Waals surface area contributed by atoms with Crippen LogP contribution in [-0.4, -0.2) is 37.0 Å². The summed E-state index contributed by atoms with van der Waals surface area (Å²) >= 11 is 11.9. The lowest BCUT2D eigenvalue weighted by molar-refractivity contribution is -0.117. The number of carbonyl (C=O) groups is 2. The van der Waals surface area contributed by atoms with E-state index in [1.54, 1.807) is 24.3 Å². The SMILES string of the molecule is CC(=O)c1cc2c(cc1NC(=O)CN(C)Cc1ccc(Cl)c(Cl)c1)OCO2. The lowest BCUT2D eigenvalue weighted by Gasteiger charge is -2.17. The minimum Gasteiger partial charge on any atom is -0.454 e. The van der Waals surface area contributed by atoms with Crippen LogP contribution in [0.25, 0.3) is 0 Å². The van der Waals surface area contributed by atoms with Crippen molar-refractivity contribution >= 4 is 40.6 Å². The summed E-state index contributed by atoms with van der Waals surface area (Å²) in [5, 5.41) is 3.73. The van der Waals surface area contributed by atoms with Gasteiger partial charge in [0.1, 0.15) is 0 Å². The number of fused-ring (bicyclic) bond motifs is 1. The number of likely N-dealkylation sites (N-methyl/N-ethyl adjacent to an activating group) is 1. The van der Waals surface area contributed by atoms with Gasteiger partial charge in [0.05, 0.1) is 22.3 Å². The molecule has 0 aliphatic carbocycles. The Morgan fingerprint density at radius 1 is 1.11 bits per heavy atom. The highest BCUT2D eigenvalue weighted by Crippen LogP contribution is 2.37. The maximum absolute atomic E-state index is 12.4. The van der Waals surface area contributed by atoms with Crippen molar-refractivity contribution in [1.29, 1.82) is 0 Å². The molecule has 27 heavy (non-hydrogen) atoms. The standard InChI is InChI=1S/C19H18Cl2N2O4/c1-11(24)13-6-17-18(27-10-26-17)7-16(13)22-19(25)9-23(2)8-12-3-4-14(20)15(21)5-12/h3-7H,8-10H2,1-2H3,(H,22,25). The van der Waals surface area contributed by atoms with Crippen molar-refractivity contribution < 1.29 is 19.1 Å². The van der Waals surface area contributed by atoms with Gasteiger partial charge in [-0.2, -0.15) is 0 Å². The number of nitrogens with zero attached hydrogens (tertiary/aromatic N) is 1. The van der Waals surface area contributed by atoms with Crippen LogP contribution < -0.4 is 14.8 Å². The number of anilines is 1. The molecule has 0 radical (unpaired) electrons. The number of Topliss-reactive ketones (excluding diaryl/α,β-unsaturated/α-hetero) is 1. The Kier molecular flexibility index (Phi) is 5.89. The van der Waals surface area contributed by atoms with Gasteiger partial charge in [-0.3, -0.25) is 14.5 Å². The van der Waals surface area contributed by atoms with Crippen LogP contribution in [0.2, 0.25) is 10.0 Å². The maximum Gasteiger partial charge on any atom is 0.238 e. The zero-order valence-corrected chi connectivity index (χ0v) is 16.4. The van der Waals surface area contributed by atoms with E-state index in [2.05, 4.69) is 5.32 Å². The number of benzene rings is 2. The van der Waals surface area contributed by atoms with E-state index in [-0.39, 0.29) is 25.0 Å². The molecule has 0 spiro atoms. The van der Waals surface area contributed by atoms with Crippen molar-refractivity contribution in [3.63, 3.8) is 0 Å². The molecule has 0 atom stereocenters. The molecule has 0 saturated carbocycles. The minimum absolute atomic E-state index is 0.0937. The van der Waals surface area contributed by atoms with Crippen molar-refractivity contribution in [1.82, 2.24) is 4.90 Å². The molecule has 1 amide bonds. The first-order valence-electron chi connectivity index (χ1n) is 8.20. The third-order valence-electron chi connectivity index (χ3n) is 4.02. The molecule has 0 fully saturated rings. The summed E-state index contributed by atoms with van der Waals surface area (Å²) in [6, 6.07) is 8.53. The molecule has 6 nitrogen and oxygen atoms in total. The van der Waals surface area contributed by atoms with E-state index in [4.69, 9.17) is 32.7 Å². The number of hydrogen-bond donors (Lipinski definition) is 1. The van der Waals surface area contributed by atoms with Crippen LogP contribution in [-0.2, 0) is 11.3 Å². The van der Waals surface area contributed by atoms with Crippen LogP contribution in [0.1, 0.15) is 22.8 Å². The van der Waals surface area contributed by atoms with Crippen molar-refractivity contribution in [2.75, 3.05) is 25.7 Å².